The van der Waals surface area contributed by atoms with E-state index in [2.05, 4.69) is 29.4 Å². The average molecular weight is 473 g/mol. The molecule has 1 unspecified atom stereocenters. The standard InChI is InChI=1S/C24H29FN4O3S/c1-5-31-21-9-7-6-8-20(21)26-22(30)15-33-24-28-27-23(29(24)14-16(2)3)17(4)32-19-12-10-18(25)11-13-19/h6-13,16-17H,5,14-15H2,1-4H3,(H,26,30). The van der Waals surface area contributed by atoms with Gasteiger partial charge in [0.2, 0.25) is 5.91 Å². The first-order valence-corrected chi connectivity index (χ1v) is 11.9. The number of para-hydroxylation sites is 2. The third kappa shape index (κ3) is 6.95. The average Bonchev–Trinajstić information content (AvgIpc) is 3.17. The Morgan fingerprint density at radius 3 is 2.55 bits per heavy atom. The van der Waals surface area contributed by atoms with Gasteiger partial charge in [-0.15, -0.1) is 10.2 Å². The zero-order valence-electron chi connectivity index (χ0n) is 19.2. The highest BCUT2D eigenvalue weighted by Crippen LogP contribution is 2.27. The predicted octanol–water partition coefficient (Wildman–Crippen LogP) is 5.34. The lowest BCUT2D eigenvalue weighted by molar-refractivity contribution is -0.113. The van der Waals surface area contributed by atoms with E-state index < -0.39 is 6.10 Å². The molecule has 0 fully saturated rings. The molecular weight excluding hydrogens is 443 g/mol. The maximum Gasteiger partial charge on any atom is 0.234 e. The number of thioether (sulfide) groups is 1. The zero-order chi connectivity index (χ0) is 23.8. The fourth-order valence-electron chi connectivity index (χ4n) is 3.18. The van der Waals surface area contributed by atoms with Gasteiger partial charge in [0.25, 0.3) is 0 Å². The molecule has 1 amide bonds. The van der Waals surface area contributed by atoms with Crippen LogP contribution in [0.4, 0.5) is 10.1 Å². The molecule has 3 aromatic rings. The number of hydrogen-bond acceptors (Lipinski definition) is 6. The van der Waals surface area contributed by atoms with Gasteiger partial charge in [0.15, 0.2) is 17.1 Å². The van der Waals surface area contributed by atoms with Crippen LogP contribution in [0.5, 0.6) is 11.5 Å². The molecular formula is C24H29FN4O3S. The molecule has 0 aliphatic heterocycles. The first-order chi connectivity index (χ1) is 15.9. The normalized spacial score (nSPS) is 11.9. The maximum absolute atomic E-state index is 13.2. The molecule has 0 aliphatic rings. The summed E-state index contributed by atoms with van der Waals surface area (Å²) in [5.74, 6) is 1.85. The Bertz CT molecular complexity index is 1060. The summed E-state index contributed by atoms with van der Waals surface area (Å²) < 4.78 is 26.7. The molecule has 0 radical (unpaired) electrons. The summed E-state index contributed by atoms with van der Waals surface area (Å²) in [4.78, 5) is 12.6. The number of halogens is 1. The Labute approximate surface area is 197 Å². The Morgan fingerprint density at radius 1 is 1.12 bits per heavy atom. The maximum atomic E-state index is 13.2. The van der Waals surface area contributed by atoms with Crippen LogP contribution in [0.1, 0.15) is 39.6 Å². The van der Waals surface area contributed by atoms with E-state index in [4.69, 9.17) is 9.47 Å². The largest absolute Gasteiger partial charge is 0.492 e. The van der Waals surface area contributed by atoms with Gasteiger partial charge in [0.1, 0.15) is 17.3 Å². The van der Waals surface area contributed by atoms with Crippen molar-refractivity contribution in [2.75, 3.05) is 17.7 Å². The van der Waals surface area contributed by atoms with Crippen LogP contribution in [0.2, 0.25) is 0 Å². The quantitative estimate of drug-likeness (QED) is 0.380. The van der Waals surface area contributed by atoms with Crippen LogP contribution in [0.15, 0.2) is 53.7 Å². The predicted molar refractivity (Wildman–Crippen MR) is 127 cm³/mol. The first kappa shape index (κ1) is 24.6. The van der Waals surface area contributed by atoms with Crippen LogP contribution < -0.4 is 14.8 Å². The van der Waals surface area contributed by atoms with Gasteiger partial charge in [-0.3, -0.25) is 4.79 Å². The van der Waals surface area contributed by atoms with E-state index in [1.165, 1.54) is 23.9 Å². The second-order valence-electron chi connectivity index (χ2n) is 7.83. The molecule has 1 N–H and O–H groups in total. The van der Waals surface area contributed by atoms with E-state index in [0.717, 1.165) is 0 Å². The monoisotopic (exact) mass is 472 g/mol. The third-order valence-electron chi connectivity index (χ3n) is 4.58. The van der Waals surface area contributed by atoms with E-state index in [-0.39, 0.29) is 17.5 Å². The highest BCUT2D eigenvalue weighted by molar-refractivity contribution is 7.99. The van der Waals surface area contributed by atoms with Gasteiger partial charge in [0.05, 0.1) is 18.0 Å². The molecule has 0 aliphatic carbocycles. The van der Waals surface area contributed by atoms with Crippen LogP contribution in [0, 0.1) is 11.7 Å². The summed E-state index contributed by atoms with van der Waals surface area (Å²) in [5, 5.41) is 12.2. The van der Waals surface area contributed by atoms with Gasteiger partial charge < -0.3 is 19.4 Å². The van der Waals surface area contributed by atoms with Crippen LogP contribution in [0.25, 0.3) is 0 Å². The Balaban J connectivity index is 1.69. The Kier molecular flexibility index (Phi) is 8.71. The van der Waals surface area contributed by atoms with Gasteiger partial charge in [-0.25, -0.2) is 4.39 Å². The summed E-state index contributed by atoms with van der Waals surface area (Å²) in [6.45, 7) is 9.16. The number of carbonyl (C=O) groups excluding carboxylic acids is 1. The summed E-state index contributed by atoms with van der Waals surface area (Å²) in [7, 11) is 0. The van der Waals surface area contributed by atoms with E-state index >= 15 is 0 Å². The van der Waals surface area contributed by atoms with E-state index in [0.29, 0.717) is 47.2 Å². The fraction of sp³-hybridized carbons (Fsp3) is 0.375. The molecule has 0 saturated heterocycles. The number of rotatable bonds is 11. The van der Waals surface area contributed by atoms with Crippen molar-refractivity contribution in [1.29, 1.82) is 0 Å². The van der Waals surface area contributed by atoms with Crippen molar-refractivity contribution in [1.82, 2.24) is 14.8 Å². The van der Waals surface area contributed by atoms with Crippen molar-refractivity contribution in [3.8, 4) is 11.5 Å². The number of aromatic nitrogens is 3. The lowest BCUT2D eigenvalue weighted by atomic mass is 10.2. The fourth-order valence-corrected chi connectivity index (χ4v) is 3.94. The molecule has 3 rings (SSSR count). The molecule has 1 aromatic heterocycles. The summed E-state index contributed by atoms with van der Waals surface area (Å²) in [6.07, 6.45) is -0.400. The molecule has 2 aromatic carbocycles. The van der Waals surface area contributed by atoms with Crippen molar-refractivity contribution in [2.24, 2.45) is 5.92 Å². The van der Waals surface area contributed by atoms with Crippen molar-refractivity contribution < 1.29 is 18.7 Å². The summed E-state index contributed by atoms with van der Waals surface area (Å²) in [5.41, 5.74) is 0.635. The number of nitrogens with zero attached hydrogens (tertiary/aromatic N) is 3. The van der Waals surface area contributed by atoms with Gasteiger partial charge in [-0.2, -0.15) is 0 Å². The van der Waals surface area contributed by atoms with E-state index in [1.807, 2.05) is 36.6 Å². The van der Waals surface area contributed by atoms with Crippen LogP contribution in [0.3, 0.4) is 0 Å². The molecule has 7 nitrogen and oxygen atoms in total. The molecule has 0 spiro atoms. The number of benzene rings is 2. The van der Waals surface area contributed by atoms with Crippen molar-refractivity contribution in [2.45, 2.75) is 45.5 Å². The molecule has 0 saturated carbocycles. The van der Waals surface area contributed by atoms with Crippen molar-refractivity contribution in [3.05, 3.63) is 60.2 Å². The van der Waals surface area contributed by atoms with Gasteiger partial charge in [-0.1, -0.05) is 37.7 Å². The minimum absolute atomic E-state index is 0.164. The Morgan fingerprint density at radius 2 is 1.85 bits per heavy atom. The lowest BCUT2D eigenvalue weighted by Crippen LogP contribution is -2.17. The summed E-state index contributed by atoms with van der Waals surface area (Å²) in [6, 6.07) is 13.2. The highest BCUT2D eigenvalue weighted by Gasteiger charge is 2.21. The number of nitrogens with one attached hydrogen (secondary N) is 1. The van der Waals surface area contributed by atoms with Crippen molar-refractivity contribution in [3.63, 3.8) is 0 Å². The number of amides is 1. The minimum Gasteiger partial charge on any atom is -0.492 e. The van der Waals surface area contributed by atoms with E-state index in [9.17, 15) is 9.18 Å². The second-order valence-corrected chi connectivity index (χ2v) is 8.77. The number of anilines is 1. The first-order valence-electron chi connectivity index (χ1n) is 10.9. The third-order valence-corrected chi connectivity index (χ3v) is 5.54. The van der Waals surface area contributed by atoms with Crippen LogP contribution >= 0.6 is 11.8 Å². The number of carbonyl (C=O) groups is 1. The van der Waals surface area contributed by atoms with Crippen molar-refractivity contribution >= 4 is 23.4 Å². The molecule has 33 heavy (non-hydrogen) atoms. The van der Waals surface area contributed by atoms with Crippen LogP contribution in [-0.4, -0.2) is 33.0 Å². The van der Waals surface area contributed by atoms with E-state index in [1.54, 1.807) is 18.2 Å². The lowest BCUT2D eigenvalue weighted by Gasteiger charge is -2.18. The van der Waals surface area contributed by atoms with Gasteiger partial charge in [0, 0.05) is 6.54 Å². The molecule has 176 valence electrons. The zero-order valence-corrected chi connectivity index (χ0v) is 20.1. The molecule has 1 heterocycles. The SMILES string of the molecule is CCOc1ccccc1NC(=O)CSc1nnc(C(C)Oc2ccc(F)cc2)n1CC(C)C. The smallest absolute Gasteiger partial charge is 0.234 e. The topological polar surface area (TPSA) is 78.3 Å². The minimum atomic E-state index is -0.400. The number of hydrogen-bond donors (Lipinski definition) is 1. The highest BCUT2D eigenvalue weighted by atomic mass is 32.2. The molecule has 9 heteroatoms. The van der Waals surface area contributed by atoms with Gasteiger partial charge >= 0.3 is 0 Å². The molecule has 0 bridgehead atoms. The number of ether oxygens (including phenoxy) is 2. The molecule has 1 atom stereocenters. The Hall–Kier alpha value is -3.07. The van der Waals surface area contributed by atoms with Gasteiger partial charge in [-0.05, 0) is 56.2 Å². The summed E-state index contributed by atoms with van der Waals surface area (Å²) >= 11 is 1.31. The second kappa shape index (κ2) is 11.7. The van der Waals surface area contributed by atoms with Crippen LogP contribution in [-0.2, 0) is 11.3 Å².